The lowest BCUT2D eigenvalue weighted by molar-refractivity contribution is 0.437. The summed E-state index contributed by atoms with van der Waals surface area (Å²) in [7, 11) is 0. The topological polar surface area (TPSA) is 35.8 Å². The van der Waals surface area contributed by atoms with E-state index in [9.17, 15) is 5.26 Å². The number of hydrogen-bond donors (Lipinski definition) is 1. The molecule has 0 saturated heterocycles. The van der Waals surface area contributed by atoms with Gasteiger partial charge in [-0.1, -0.05) is 48.9 Å². The molecule has 1 atom stereocenters. The molecular formula is C15H18Cl2N2. The average molecular weight is 297 g/mol. The Balaban J connectivity index is 2.11. The highest BCUT2D eigenvalue weighted by atomic mass is 35.5. The largest absolute Gasteiger partial charge is 0.295 e. The lowest BCUT2D eigenvalue weighted by Crippen LogP contribution is -2.32. The van der Waals surface area contributed by atoms with E-state index >= 15 is 0 Å². The number of hydrogen-bond acceptors (Lipinski definition) is 2. The van der Waals surface area contributed by atoms with Gasteiger partial charge < -0.3 is 0 Å². The summed E-state index contributed by atoms with van der Waals surface area (Å²) in [6.45, 7) is 0. The first-order valence-electron chi connectivity index (χ1n) is 6.81. The molecule has 1 aliphatic carbocycles. The molecule has 1 aromatic carbocycles. The molecule has 1 aliphatic rings. The monoisotopic (exact) mass is 296 g/mol. The molecule has 0 bridgehead atoms. The molecule has 19 heavy (non-hydrogen) atoms. The summed E-state index contributed by atoms with van der Waals surface area (Å²) in [6.07, 6.45) is 7.34. The van der Waals surface area contributed by atoms with Gasteiger partial charge in [-0.25, -0.2) is 0 Å². The predicted molar refractivity (Wildman–Crippen MR) is 79.4 cm³/mol. The van der Waals surface area contributed by atoms with Gasteiger partial charge in [-0.15, -0.1) is 0 Å². The highest BCUT2D eigenvalue weighted by Gasteiger charge is 2.20. The van der Waals surface area contributed by atoms with Crippen molar-refractivity contribution in [3.63, 3.8) is 0 Å². The molecule has 0 radical (unpaired) electrons. The fourth-order valence-corrected chi connectivity index (χ4v) is 3.02. The molecule has 4 heteroatoms. The van der Waals surface area contributed by atoms with Gasteiger partial charge in [0.15, 0.2) is 0 Å². The Kier molecular flexibility index (Phi) is 5.51. The van der Waals surface area contributed by atoms with E-state index < -0.39 is 0 Å². The molecule has 1 aromatic rings. The van der Waals surface area contributed by atoms with Crippen molar-refractivity contribution in [1.29, 1.82) is 5.26 Å². The minimum absolute atomic E-state index is 0.380. The Morgan fingerprint density at radius 2 is 1.84 bits per heavy atom. The first-order chi connectivity index (χ1) is 9.20. The number of nitriles is 1. The average Bonchev–Trinajstić information content (AvgIpc) is 2.67. The molecule has 0 spiro atoms. The third kappa shape index (κ3) is 4.11. The number of nitrogens with zero attached hydrogens (tertiary/aromatic N) is 1. The second-order valence-electron chi connectivity index (χ2n) is 5.08. The Morgan fingerprint density at radius 1 is 1.16 bits per heavy atom. The maximum absolute atomic E-state index is 9.38. The number of halogens is 2. The van der Waals surface area contributed by atoms with Crippen LogP contribution >= 0.6 is 23.2 Å². The van der Waals surface area contributed by atoms with Gasteiger partial charge >= 0.3 is 0 Å². The molecule has 1 unspecified atom stereocenters. The summed E-state index contributed by atoms with van der Waals surface area (Å²) in [5.74, 6) is 0. The lowest BCUT2D eigenvalue weighted by atomic mass is 10.0. The maximum Gasteiger partial charge on any atom is 0.123 e. The Labute approximate surface area is 124 Å². The van der Waals surface area contributed by atoms with E-state index in [4.69, 9.17) is 23.2 Å². The van der Waals surface area contributed by atoms with Crippen LogP contribution in [0.2, 0.25) is 10.0 Å². The normalized spacial score (nSPS) is 18.6. The van der Waals surface area contributed by atoms with Gasteiger partial charge in [0.25, 0.3) is 0 Å². The molecule has 1 saturated carbocycles. The van der Waals surface area contributed by atoms with Gasteiger partial charge in [-0.3, -0.25) is 5.32 Å². The second-order valence-corrected chi connectivity index (χ2v) is 5.93. The summed E-state index contributed by atoms with van der Waals surface area (Å²) in [4.78, 5) is 0. The maximum atomic E-state index is 9.38. The van der Waals surface area contributed by atoms with Crippen LogP contribution in [0.25, 0.3) is 0 Å². The van der Waals surface area contributed by atoms with Crippen LogP contribution in [-0.2, 0) is 0 Å². The van der Waals surface area contributed by atoms with E-state index in [1.54, 1.807) is 18.2 Å². The highest BCUT2D eigenvalue weighted by Crippen LogP contribution is 2.28. The lowest BCUT2D eigenvalue weighted by Gasteiger charge is -2.21. The molecule has 1 N–H and O–H groups in total. The second kappa shape index (κ2) is 7.14. The summed E-state index contributed by atoms with van der Waals surface area (Å²) in [5.41, 5.74) is 0.779. The minimum atomic E-state index is -0.380. The van der Waals surface area contributed by atoms with Gasteiger partial charge in [-0.2, -0.15) is 5.26 Å². The third-order valence-electron chi connectivity index (χ3n) is 3.66. The summed E-state index contributed by atoms with van der Waals surface area (Å²) >= 11 is 12.2. The van der Waals surface area contributed by atoms with Crippen LogP contribution in [0.5, 0.6) is 0 Å². The van der Waals surface area contributed by atoms with E-state index in [-0.39, 0.29) is 6.04 Å². The van der Waals surface area contributed by atoms with E-state index in [0.717, 1.165) is 18.4 Å². The Hall–Kier alpha value is -0.750. The van der Waals surface area contributed by atoms with Crippen molar-refractivity contribution in [3.05, 3.63) is 33.8 Å². The fraction of sp³-hybridized carbons (Fsp3) is 0.533. The van der Waals surface area contributed by atoms with Gasteiger partial charge in [0.2, 0.25) is 0 Å². The van der Waals surface area contributed by atoms with Crippen molar-refractivity contribution in [1.82, 2.24) is 5.32 Å². The first kappa shape index (κ1) is 14.7. The summed E-state index contributed by atoms with van der Waals surface area (Å²) in [5, 5.41) is 14.0. The quantitative estimate of drug-likeness (QED) is 0.808. The summed E-state index contributed by atoms with van der Waals surface area (Å²) < 4.78 is 0. The first-order valence-corrected chi connectivity index (χ1v) is 7.57. The van der Waals surface area contributed by atoms with E-state index in [1.807, 2.05) is 0 Å². The molecule has 2 nitrogen and oxygen atoms in total. The van der Waals surface area contributed by atoms with E-state index in [0.29, 0.717) is 16.1 Å². The van der Waals surface area contributed by atoms with Crippen molar-refractivity contribution in [2.45, 2.75) is 50.6 Å². The number of nitrogens with one attached hydrogen (secondary N) is 1. The van der Waals surface area contributed by atoms with Crippen molar-refractivity contribution in [2.75, 3.05) is 0 Å². The van der Waals surface area contributed by atoms with Crippen LogP contribution in [0.1, 0.15) is 50.1 Å². The van der Waals surface area contributed by atoms with E-state index in [2.05, 4.69) is 11.4 Å². The van der Waals surface area contributed by atoms with Crippen LogP contribution < -0.4 is 5.32 Å². The molecule has 0 aliphatic heterocycles. The zero-order chi connectivity index (χ0) is 13.7. The zero-order valence-electron chi connectivity index (χ0n) is 10.8. The number of rotatable bonds is 3. The van der Waals surface area contributed by atoms with Crippen molar-refractivity contribution >= 4 is 23.2 Å². The van der Waals surface area contributed by atoms with Gasteiger partial charge in [0.05, 0.1) is 6.07 Å². The highest BCUT2D eigenvalue weighted by molar-refractivity contribution is 6.33. The van der Waals surface area contributed by atoms with Gasteiger partial charge in [0, 0.05) is 21.7 Å². The van der Waals surface area contributed by atoms with Crippen LogP contribution in [-0.4, -0.2) is 6.04 Å². The van der Waals surface area contributed by atoms with Crippen LogP contribution in [0.4, 0.5) is 0 Å². The van der Waals surface area contributed by atoms with Gasteiger partial charge in [-0.05, 0) is 31.0 Å². The molecule has 0 aromatic heterocycles. The molecule has 102 valence electrons. The molecule has 2 rings (SSSR count). The van der Waals surface area contributed by atoms with Crippen LogP contribution in [0.3, 0.4) is 0 Å². The smallest absolute Gasteiger partial charge is 0.123 e. The Morgan fingerprint density at radius 3 is 2.47 bits per heavy atom. The zero-order valence-corrected chi connectivity index (χ0v) is 12.3. The number of benzene rings is 1. The van der Waals surface area contributed by atoms with Gasteiger partial charge in [0.1, 0.15) is 6.04 Å². The Bertz CT molecular complexity index is 460. The SMILES string of the molecule is N#CC(NC1CCCCCC1)c1cc(Cl)ccc1Cl. The predicted octanol–water partition coefficient (Wildman–Crippen LogP) is 4.87. The van der Waals surface area contributed by atoms with Crippen LogP contribution in [0, 0.1) is 11.3 Å². The molecule has 1 fully saturated rings. The molecule has 0 amide bonds. The van der Waals surface area contributed by atoms with Crippen molar-refractivity contribution in [2.24, 2.45) is 0 Å². The summed E-state index contributed by atoms with van der Waals surface area (Å²) in [6, 6.07) is 7.60. The minimum Gasteiger partial charge on any atom is -0.295 e. The van der Waals surface area contributed by atoms with Crippen molar-refractivity contribution in [3.8, 4) is 6.07 Å². The van der Waals surface area contributed by atoms with Crippen molar-refractivity contribution < 1.29 is 0 Å². The molecule has 0 heterocycles. The van der Waals surface area contributed by atoms with Crippen LogP contribution in [0.15, 0.2) is 18.2 Å². The molecular weight excluding hydrogens is 279 g/mol. The third-order valence-corrected chi connectivity index (χ3v) is 4.23. The fourth-order valence-electron chi connectivity index (χ4n) is 2.61. The standard InChI is InChI=1S/C15H18Cl2N2/c16-11-7-8-14(17)13(9-11)15(10-18)19-12-5-3-1-2-4-6-12/h7-9,12,15,19H,1-6H2. The van der Waals surface area contributed by atoms with E-state index in [1.165, 1.54) is 25.7 Å².